The number of hydrogen-bond donors (Lipinski definition) is 0. The lowest BCUT2D eigenvalue weighted by Crippen LogP contribution is -1.74. The van der Waals surface area contributed by atoms with Crippen LogP contribution in [0.4, 0.5) is 4.39 Å². The molecule has 1 aromatic carbocycles. The van der Waals surface area contributed by atoms with Gasteiger partial charge in [0.15, 0.2) is 12.0 Å². The van der Waals surface area contributed by atoms with Crippen LogP contribution >= 0.6 is 11.6 Å². The molecule has 0 N–H and O–H groups in total. The highest BCUT2D eigenvalue weighted by Crippen LogP contribution is 2.23. The molecule has 0 atom stereocenters. The van der Waals surface area contributed by atoms with Crippen LogP contribution in [-0.2, 0) is 0 Å². The number of oxazole rings is 1. The highest BCUT2D eigenvalue weighted by Gasteiger charge is 2.05. The Morgan fingerprint density at radius 1 is 1.45 bits per heavy atom. The van der Waals surface area contributed by atoms with E-state index in [1.165, 1.54) is 18.5 Å². The van der Waals surface area contributed by atoms with Crippen molar-refractivity contribution in [1.29, 1.82) is 0 Å². The van der Waals surface area contributed by atoms with E-state index < -0.39 is 5.82 Å². The number of hydrogen-bond acceptors (Lipinski definition) is 2. The van der Waals surface area contributed by atoms with Gasteiger partial charge in [0.2, 0.25) is 0 Å². The smallest absolute Gasteiger partial charge is 0.182 e. The maximum Gasteiger partial charge on any atom is 0.182 e. The summed E-state index contributed by atoms with van der Waals surface area (Å²) in [6.07, 6.45) is 1.23. The Morgan fingerprint density at radius 2 is 2.27 bits per heavy atom. The molecule has 0 radical (unpaired) electrons. The second-order valence-electron chi connectivity index (χ2n) is 2.09. The summed E-state index contributed by atoms with van der Waals surface area (Å²) in [5, 5.41) is 0.248. The first kappa shape index (κ1) is 6.61. The first-order chi connectivity index (χ1) is 5.27. The van der Waals surface area contributed by atoms with E-state index in [0.29, 0.717) is 11.1 Å². The summed E-state index contributed by atoms with van der Waals surface area (Å²) in [5.74, 6) is -0.406. The zero-order valence-electron chi connectivity index (χ0n) is 5.34. The second-order valence-corrected chi connectivity index (χ2v) is 2.50. The molecule has 0 saturated carbocycles. The summed E-state index contributed by atoms with van der Waals surface area (Å²) < 4.78 is 17.5. The molecule has 2 aromatic rings. The van der Waals surface area contributed by atoms with Crippen molar-refractivity contribution in [2.45, 2.75) is 0 Å². The van der Waals surface area contributed by atoms with Gasteiger partial charge in [-0.1, -0.05) is 11.6 Å². The summed E-state index contributed by atoms with van der Waals surface area (Å²) >= 11 is 5.63. The van der Waals surface area contributed by atoms with Gasteiger partial charge in [-0.05, 0) is 6.07 Å². The zero-order valence-corrected chi connectivity index (χ0v) is 6.10. The molecule has 2 nitrogen and oxygen atoms in total. The number of fused-ring (bicyclic) bond motifs is 1. The van der Waals surface area contributed by atoms with Gasteiger partial charge in [-0.2, -0.15) is 0 Å². The Kier molecular flexibility index (Phi) is 1.32. The third kappa shape index (κ3) is 0.973. The lowest BCUT2D eigenvalue weighted by Gasteiger charge is -1.90. The first-order valence-electron chi connectivity index (χ1n) is 2.95. The third-order valence-corrected chi connectivity index (χ3v) is 1.63. The van der Waals surface area contributed by atoms with E-state index >= 15 is 0 Å². The van der Waals surface area contributed by atoms with Crippen molar-refractivity contribution in [2.75, 3.05) is 0 Å². The van der Waals surface area contributed by atoms with Gasteiger partial charge in [0.1, 0.15) is 11.3 Å². The number of rotatable bonds is 0. The maximum atomic E-state index is 12.6. The van der Waals surface area contributed by atoms with Crippen molar-refractivity contribution in [1.82, 2.24) is 4.98 Å². The van der Waals surface area contributed by atoms with Crippen LogP contribution in [0.5, 0.6) is 0 Å². The fourth-order valence-corrected chi connectivity index (χ4v) is 1.14. The third-order valence-electron chi connectivity index (χ3n) is 1.35. The minimum absolute atomic E-state index is 0.248. The largest absolute Gasteiger partial charge is 0.442 e. The fraction of sp³-hybridized carbons (Fsp3) is 0. The molecule has 1 heterocycles. The molecule has 0 aliphatic heterocycles. The lowest BCUT2D eigenvalue weighted by molar-refractivity contribution is 0.599. The van der Waals surface area contributed by atoms with Crippen molar-refractivity contribution in [2.24, 2.45) is 0 Å². The van der Waals surface area contributed by atoms with Crippen molar-refractivity contribution < 1.29 is 8.81 Å². The Hall–Kier alpha value is -1.09. The molecule has 56 valence electrons. The van der Waals surface area contributed by atoms with Crippen molar-refractivity contribution in [3.63, 3.8) is 0 Å². The van der Waals surface area contributed by atoms with Crippen LogP contribution in [0.25, 0.3) is 11.1 Å². The Morgan fingerprint density at radius 3 is 3.09 bits per heavy atom. The van der Waals surface area contributed by atoms with E-state index in [9.17, 15) is 4.39 Å². The van der Waals surface area contributed by atoms with Crippen molar-refractivity contribution in [3.8, 4) is 0 Å². The van der Waals surface area contributed by atoms with Crippen LogP contribution < -0.4 is 0 Å². The first-order valence-corrected chi connectivity index (χ1v) is 3.33. The molecule has 1 aromatic heterocycles. The Bertz CT molecular complexity index is 398. The molecule has 0 bridgehead atoms. The summed E-state index contributed by atoms with van der Waals surface area (Å²) in [7, 11) is 0. The van der Waals surface area contributed by atoms with E-state index in [2.05, 4.69) is 4.98 Å². The highest BCUT2D eigenvalue weighted by atomic mass is 35.5. The van der Waals surface area contributed by atoms with Gasteiger partial charge >= 0.3 is 0 Å². The summed E-state index contributed by atoms with van der Waals surface area (Å²) in [6, 6.07) is 2.46. The van der Waals surface area contributed by atoms with Crippen molar-refractivity contribution >= 4 is 22.7 Å². The molecule has 0 amide bonds. The van der Waals surface area contributed by atoms with Crippen LogP contribution in [0.1, 0.15) is 0 Å². The van der Waals surface area contributed by atoms with Gasteiger partial charge in [-0.25, -0.2) is 9.37 Å². The SMILES string of the molecule is Fc1cc(Cl)c2ocnc2c1. The van der Waals surface area contributed by atoms with Crippen molar-refractivity contribution in [3.05, 3.63) is 29.4 Å². The molecular formula is C7H3ClFNO. The van der Waals surface area contributed by atoms with E-state index in [4.69, 9.17) is 16.0 Å². The monoisotopic (exact) mass is 171 g/mol. The molecule has 0 saturated heterocycles. The average molecular weight is 172 g/mol. The minimum Gasteiger partial charge on any atom is -0.442 e. The topological polar surface area (TPSA) is 26.0 Å². The molecule has 2 rings (SSSR count). The Labute approximate surface area is 66.6 Å². The average Bonchev–Trinajstić information content (AvgIpc) is 2.34. The van der Waals surface area contributed by atoms with E-state index in [0.717, 1.165) is 0 Å². The molecule has 4 heteroatoms. The lowest BCUT2D eigenvalue weighted by atomic mass is 10.3. The van der Waals surface area contributed by atoms with E-state index in [-0.39, 0.29) is 5.02 Å². The fourth-order valence-electron chi connectivity index (χ4n) is 0.895. The summed E-state index contributed by atoms with van der Waals surface area (Å²) in [6.45, 7) is 0. The Balaban J connectivity index is 2.91. The van der Waals surface area contributed by atoms with Crippen LogP contribution in [0, 0.1) is 5.82 Å². The number of halogens is 2. The molecule has 0 fully saturated rings. The molecule has 0 aliphatic rings. The normalized spacial score (nSPS) is 10.7. The van der Waals surface area contributed by atoms with Gasteiger partial charge in [0.05, 0.1) is 5.02 Å². The zero-order chi connectivity index (χ0) is 7.84. The number of benzene rings is 1. The molecule has 0 unspecified atom stereocenters. The van der Waals surface area contributed by atoms with Crippen LogP contribution in [0.15, 0.2) is 22.9 Å². The standard InChI is InChI=1S/C7H3ClFNO/c8-5-1-4(9)2-6-7(5)11-3-10-6/h1-3H. The quantitative estimate of drug-likeness (QED) is 0.609. The van der Waals surface area contributed by atoms with Gasteiger partial charge in [-0.3, -0.25) is 0 Å². The predicted molar refractivity (Wildman–Crippen MR) is 39.0 cm³/mol. The van der Waals surface area contributed by atoms with Crippen LogP contribution in [0.3, 0.4) is 0 Å². The minimum atomic E-state index is -0.406. The summed E-state index contributed by atoms with van der Waals surface area (Å²) in [5.41, 5.74) is 0.864. The maximum absolute atomic E-state index is 12.6. The predicted octanol–water partition coefficient (Wildman–Crippen LogP) is 2.62. The summed E-state index contributed by atoms with van der Waals surface area (Å²) in [4.78, 5) is 3.75. The van der Waals surface area contributed by atoms with Crippen LogP contribution in [-0.4, -0.2) is 4.98 Å². The molecule has 11 heavy (non-hydrogen) atoms. The second kappa shape index (κ2) is 2.20. The van der Waals surface area contributed by atoms with E-state index in [1.807, 2.05) is 0 Å². The number of nitrogens with zero attached hydrogens (tertiary/aromatic N) is 1. The molecule has 0 aliphatic carbocycles. The van der Waals surface area contributed by atoms with Gasteiger partial charge in [0, 0.05) is 6.07 Å². The molecule has 0 spiro atoms. The van der Waals surface area contributed by atoms with Gasteiger partial charge < -0.3 is 4.42 Å². The highest BCUT2D eigenvalue weighted by molar-refractivity contribution is 6.34. The molecular weight excluding hydrogens is 169 g/mol. The number of aromatic nitrogens is 1. The van der Waals surface area contributed by atoms with E-state index in [1.54, 1.807) is 0 Å². The van der Waals surface area contributed by atoms with Gasteiger partial charge in [0.25, 0.3) is 0 Å². The van der Waals surface area contributed by atoms with Gasteiger partial charge in [-0.15, -0.1) is 0 Å². The van der Waals surface area contributed by atoms with Crippen LogP contribution in [0.2, 0.25) is 5.02 Å².